The lowest BCUT2D eigenvalue weighted by molar-refractivity contribution is 1.05. The highest BCUT2D eigenvalue weighted by atomic mass is 15.0. The molecule has 0 aromatic carbocycles. The number of fused-ring (bicyclic) bond motifs is 3. The molecule has 2 nitrogen and oxygen atoms in total. The van der Waals surface area contributed by atoms with Gasteiger partial charge in [0.1, 0.15) is 0 Å². The minimum Gasteiger partial charge on any atom is -0.314 e. The number of hydrogen-bond acceptors (Lipinski definition) is 1. The van der Waals surface area contributed by atoms with Gasteiger partial charge >= 0.3 is 0 Å². The zero-order chi connectivity index (χ0) is 11.9. The van der Waals surface area contributed by atoms with Gasteiger partial charge in [-0.1, -0.05) is 36.5 Å². The predicted molar refractivity (Wildman–Crippen MR) is 77.2 cm³/mol. The zero-order valence-corrected chi connectivity index (χ0v) is 9.88. The molecule has 1 aromatic rings. The van der Waals surface area contributed by atoms with Crippen LogP contribution < -0.4 is 10.7 Å². The molecule has 0 saturated heterocycles. The second kappa shape index (κ2) is 3.57. The minimum atomic E-state index is 0.959. The predicted octanol–water partition coefficient (Wildman–Crippen LogP) is 1.93. The van der Waals surface area contributed by atoms with Crippen LogP contribution in [0.5, 0.6) is 0 Å². The quantitative estimate of drug-likeness (QED) is 0.650. The molecule has 18 heavy (non-hydrogen) atoms. The summed E-state index contributed by atoms with van der Waals surface area (Å²) in [6.07, 6.45) is 21.9. The molecule has 0 N–H and O–H groups in total. The van der Waals surface area contributed by atoms with Crippen molar-refractivity contribution in [2.45, 2.75) is 6.42 Å². The van der Waals surface area contributed by atoms with Crippen molar-refractivity contribution in [3.63, 3.8) is 0 Å². The van der Waals surface area contributed by atoms with Crippen LogP contribution in [-0.4, -0.2) is 10.8 Å². The van der Waals surface area contributed by atoms with E-state index in [4.69, 9.17) is 0 Å². The van der Waals surface area contributed by atoms with Crippen molar-refractivity contribution >= 4 is 36.2 Å². The molecule has 0 atom stereocenters. The first-order valence-corrected chi connectivity index (χ1v) is 6.14. The molecule has 2 aliphatic carbocycles. The van der Waals surface area contributed by atoms with Crippen LogP contribution in [-0.2, 0) is 0 Å². The van der Waals surface area contributed by atoms with Gasteiger partial charge < -0.3 is 4.57 Å². The van der Waals surface area contributed by atoms with Crippen molar-refractivity contribution in [3.05, 3.63) is 52.3 Å². The first-order chi connectivity index (χ1) is 8.95. The van der Waals surface area contributed by atoms with Gasteiger partial charge in [-0.05, 0) is 18.1 Å². The van der Waals surface area contributed by atoms with E-state index < -0.39 is 0 Å². The summed E-state index contributed by atoms with van der Waals surface area (Å²) >= 11 is 0. The van der Waals surface area contributed by atoms with Crippen molar-refractivity contribution in [2.75, 3.05) is 0 Å². The van der Waals surface area contributed by atoms with Crippen molar-refractivity contribution < 1.29 is 0 Å². The number of allylic oxidation sites excluding steroid dienone is 4. The normalized spacial score (nSPS) is 18.1. The summed E-state index contributed by atoms with van der Waals surface area (Å²) in [6.45, 7) is 0. The van der Waals surface area contributed by atoms with Gasteiger partial charge in [-0.3, -0.25) is 4.99 Å². The van der Waals surface area contributed by atoms with Crippen LogP contribution in [0, 0.1) is 0 Å². The van der Waals surface area contributed by atoms with Crippen LogP contribution in [0.15, 0.2) is 35.5 Å². The van der Waals surface area contributed by atoms with E-state index in [1.807, 2.05) is 18.6 Å². The second-order valence-electron chi connectivity index (χ2n) is 4.55. The Morgan fingerprint density at radius 3 is 3.06 bits per heavy atom. The highest BCUT2D eigenvalue weighted by molar-refractivity contribution is 6.04. The molecular weight excluding hydrogens is 220 g/mol. The fourth-order valence-corrected chi connectivity index (χ4v) is 2.76. The number of aromatic nitrogens is 1. The summed E-state index contributed by atoms with van der Waals surface area (Å²) < 4.78 is 2.25. The van der Waals surface area contributed by atoms with Crippen LogP contribution in [0.3, 0.4) is 0 Å². The third-order valence-electron chi connectivity index (χ3n) is 3.52. The van der Waals surface area contributed by atoms with Crippen LogP contribution in [0.4, 0.5) is 0 Å². The highest BCUT2D eigenvalue weighted by Gasteiger charge is 2.15. The Labute approximate surface area is 105 Å². The molecule has 0 unspecified atom stereocenters. The number of hydrogen-bond donors (Lipinski definition) is 0. The summed E-state index contributed by atoms with van der Waals surface area (Å²) in [5, 5.41) is 2.52. The van der Waals surface area contributed by atoms with Gasteiger partial charge in [-0.2, -0.15) is 0 Å². The van der Waals surface area contributed by atoms with E-state index in [1.54, 1.807) is 0 Å². The third-order valence-corrected chi connectivity index (χ3v) is 3.52. The molecule has 0 radical (unpaired) electrons. The Hall–Kier alpha value is -2.35. The van der Waals surface area contributed by atoms with E-state index >= 15 is 0 Å². The maximum absolute atomic E-state index is 4.31. The average Bonchev–Trinajstić information content (AvgIpc) is 2.61. The van der Waals surface area contributed by atoms with E-state index in [-0.39, 0.29) is 0 Å². The largest absolute Gasteiger partial charge is 0.314 e. The molecule has 1 aromatic heterocycles. The van der Waals surface area contributed by atoms with Crippen molar-refractivity contribution in [2.24, 2.45) is 4.99 Å². The van der Waals surface area contributed by atoms with Gasteiger partial charge in [0.05, 0.1) is 10.7 Å². The van der Waals surface area contributed by atoms with Crippen molar-refractivity contribution in [3.8, 4) is 0 Å². The molecule has 0 amide bonds. The lowest BCUT2D eigenvalue weighted by atomic mass is 10.0. The molecule has 2 heterocycles. The van der Waals surface area contributed by atoms with Crippen molar-refractivity contribution in [1.29, 1.82) is 0 Å². The Kier molecular flexibility index (Phi) is 1.92. The summed E-state index contributed by atoms with van der Waals surface area (Å²) in [5.41, 5.74) is 3.89. The Bertz CT molecular complexity index is 793. The molecule has 4 rings (SSSR count). The molecule has 0 saturated carbocycles. The smallest absolute Gasteiger partial charge is 0.0585 e. The minimum absolute atomic E-state index is 0.959. The van der Waals surface area contributed by atoms with E-state index in [1.165, 1.54) is 27.4 Å². The molecule has 2 heteroatoms. The van der Waals surface area contributed by atoms with Crippen LogP contribution in [0.1, 0.15) is 17.5 Å². The standard InChI is InChI=1S/C16H12N2/c1-2-6-13-14-7-4-5-12-11-17-9-10-18(16(12)14)15(13)8-3-1/h1-4,6-11H,5H2. The SMILES string of the molecule is C1=CC=c2c(c3c4n2C=CN=CC=4CC=C3)C=C1. The molecule has 0 bridgehead atoms. The monoisotopic (exact) mass is 232 g/mol. The second-order valence-corrected chi connectivity index (χ2v) is 4.55. The molecule has 86 valence electrons. The number of nitrogens with zero attached hydrogens (tertiary/aromatic N) is 2. The number of aliphatic imine (C=N–C) groups is 1. The van der Waals surface area contributed by atoms with E-state index in [9.17, 15) is 0 Å². The van der Waals surface area contributed by atoms with Crippen molar-refractivity contribution in [1.82, 2.24) is 4.57 Å². The summed E-state index contributed by atoms with van der Waals surface area (Å²) in [7, 11) is 0. The van der Waals surface area contributed by atoms with Crippen LogP contribution in [0.25, 0.3) is 30.0 Å². The summed E-state index contributed by atoms with van der Waals surface area (Å²) in [6, 6.07) is 0. The Morgan fingerprint density at radius 1 is 1.06 bits per heavy atom. The van der Waals surface area contributed by atoms with E-state index in [0.717, 1.165) is 6.42 Å². The topological polar surface area (TPSA) is 17.3 Å². The van der Waals surface area contributed by atoms with Crippen LogP contribution >= 0.6 is 0 Å². The lowest BCUT2D eigenvalue weighted by Gasteiger charge is -2.04. The maximum Gasteiger partial charge on any atom is 0.0585 e. The molecule has 0 spiro atoms. The van der Waals surface area contributed by atoms with E-state index in [0.29, 0.717) is 0 Å². The fourth-order valence-electron chi connectivity index (χ4n) is 2.76. The van der Waals surface area contributed by atoms with Gasteiger partial charge in [-0.15, -0.1) is 0 Å². The first kappa shape index (κ1) is 9.66. The number of rotatable bonds is 0. The summed E-state index contributed by atoms with van der Waals surface area (Å²) in [5.74, 6) is 0. The van der Waals surface area contributed by atoms with E-state index in [2.05, 4.69) is 52.1 Å². The van der Waals surface area contributed by atoms with Gasteiger partial charge in [0.2, 0.25) is 0 Å². The maximum atomic E-state index is 4.31. The third kappa shape index (κ3) is 1.20. The molecule has 1 aliphatic heterocycles. The first-order valence-electron chi connectivity index (χ1n) is 6.14. The van der Waals surface area contributed by atoms with Crippen LogP contribution in [0.2, 0.25) is 0 Å². The Morgan fingerprint density at radius 2 is 2.06 bits per heavy atom. The lowest BCUT2D eigenvalue weighted by Crippen LogP contribution is -2.25. The van der Waals surface area contributed by atoms with Gasteiger partial charge in [0.15, 0.2) is 0 Å². The summed E-state index contributed by atoms with van der Waals surface area (Å²) in [4.78, 5) is 4.31. The zero-order valence-electron chi connectivity index (χ0n) is 9.88. The molecule has 3 aliphatic rings. The van der Waals surface area contributed by atoms with Gasteiger partial charge in [0.25, 0.3) is 0 Å². The molecule has 0 fully saturated rings. The fraction of sp³-hybridized carbons (Fsp3) is 0.0625. The van der Waals surface area contributed by atoms with Gasteiger partial charge in [0, 0.05) is 29.7 Å². The average molecular weight is 232 g/mol. The Balaban J connectivity index is 2.28. The van der Waals surface area contributed by atoms with Gasteiger partial charge in [-0.25, -0.2) is 0 Å². The molecular formula is C16H12N2. The highest BCUT2D eigenvalue weighted by Crippen LogP contribution is 2.16.